The summed E-state index contributed by atoms with van der Waals surface area (Å²) in [5.41, 5.74) is 0.870. The molecule has 0 saturated heterocycles. The Kier molecular flexibility index (Phi) is 4.80. The number of hydrogen-bond donors (Lipinski definition) is 1. The minimum atomic E-state index is -0.242. The third-order valence-corrected chi connectivity index (χ3v) is 2.83. The van der Waals surface area contributed by atoms with Crippen LogP contribution in [0.1, 0.15) is 24.9 Å². The van der Waals surface area contributed by atoms with Gasteiger partial charge in [0.15, 0.2) is 0 Å². The van der Waals surface area contributed by atoms with Gasteiger partial charge in [0, 0.05) is 16.9 Å². The second-order valence-electron chi connectivity index (χ2n) is 3.18. The third-order valence-electron chi connectivity index (χ3n) is 2.11. The van der Waals surface area contributed by atoms with Gasteiger partial charge in [-0.3, -0.25) is 0 Å². The van der Waals surface area contributed by atoms with Crippen LogP contribution in [0.2, 0.25) is 0 Å². The average molecular weight is 270 g/mol. The van der Waals surface area contributed by atoms with Gasteiger partial charge in [0.2, 0.25) is 0 Å². The predicted octanol–water partition coefficient (Wildman–Crippen LogP) is 3.26. The average Bonchev–Trinajstić information content (AvgIpc) is 2.21. The lowest BCUT2D eigenvalue weighted by molar-refractivity contribution is 0.554. The highest BCUT2D eigenvalue weighted by Crippen LogP contribution is 2.26. The van der Waals surface area contributed by atoms with Crippen LogP contribution in [0, 0.1) is 18.2 Å². The fraction of sp³-hybridized carbons (Fsp3) is 0.333. The standard InChI is InChI=1S/C12H13BrFN/c1-3-5-12(15-4-2)10-8-9(14)6-7-11(10)13/h1,6-8,12,15H,4-5H2,2H3. The molecule has 1 nitrogen and oxygen atoms in total. The van der Waals surface area contributed by atoms with Crippen molar-refractivity contribution in [3.05, 3.63) is 34.1 Å². The second kappa shape index (κ2) is 5.89. The van der Waals surface area contributed by atoms with Gasteiger partial charge in [0.25, 0.3) is 0 Å². The molecule has 0 bridgehead atoms. The Morgan fingerprint density at radius 2 is 2.33 bits per heavy atom. The molecule has 0 aliphatic carbocycles. The topological polar surface area (TPSA) is 12.0 Å². The van der Waals surface area contributed by atoms with Crippen LogP contribution in [-0.4, -0.2) is 6.54 Å². The van der Waals surface area contributed by atoms with E-state index in [1.807, 2.05) is 6.92 Å². The molecule has 0 aromatic heterocycles. The van der Waals surface area contributed by atoms with Crippen molar-refractivity contribution in [1.29, 1.82) is 0 Å². The summed E-state index contributed by atoms with van der Waals surface area (Å²) in [4.78, 5) is 0. The summed E-state index contributed by atoms with van der Waals surface area (Å²) < 4.78 is 14.0. The van der Waals surface area contributed by atoms with Gasteiger partial charge >= 0.3 is 0 Å². The van der Waals surface area contributed by atoms with Crippen molar-refractivity contribution >= 4 is 15.9 Å². The highest BCUT2D eigenvalue weighted by atomic mass is 79.9. The summed E-state index contributed by atoms with van der Waals surface area (Å²) in [7, 11) is 0. The number of hydrogen-bond acceptors (Lipinski definition) is 1. The summed E-state index contributed by atoms with van der Waals surface area (Å²) in [5, 5.41) is 3.23. The minimum absolute atomic E-state index is 0.00470. The first-order chi connectivity index (χ1) is 7.19. The Labute approximate surface area is 98.2 Å². The zero-order valence-corrected chi connectivity index (χ0v) is 10.1. The third kappa shape index (κ3) is 3.33. The Morgan fingerprint density at radius 3 is 2.93 bits per heavy atom. The molecule has 0 saturated carbocycles. The fourth-order valence-electron chi connectivity index (χ4n) is 1.44. The smallest absolute Gasteiger partial charge is 0.123 e. The minimum Gasteiger partial charge on any atom is -0.309 e. The quantitative estimate of drug-likeness (QED) is 0.828. The highest BCUT2D eigenvalue weighted by molar-refractivity contribution is 9.10. The van der Waals surface area contributed by atoms with E-state index in [1.54, 1.807) is 6.07 Å². The van der Waals surface area contributed by atoms with Crippen LogP contribution in [0.15, 0.2) is 22.7 Å². The molecule has 0 spiro atoms. The van der Waals surface area contributed by atoms with E-state index in [4.69, 9.17) is 6.42 Å². The Hall–Kier alpha value is -0.850. The lowest BCUT2D eigenvalue weighted by Gasteiger charge is -2.17. The molecule has 0 aliphatic rings. The number of terminal acetylenes is 1. The summed E-state index contributed by atoms with van der Waals surface area (Å²) in [6, 6.07) is 4.64. The summed E-state index contributed by atoms with van der Waals surface area (Å²) in [6.07, 6.45) is 5.84. The lowest BCUT2D eigenvalue weighted by atomic mass is 10.0. The van der Waals surface area contributed by atoms with Crippen LogP contribution >= 0.6 is 15.9 Å². The first-order valence-corrected chi connectivity index (χ1v) is 5.60. The fourth-order valence-corrected chi connectivity index (χ4v) is 1.96. The van der Waals surface area contributed by atoms with E-state index in [2.05, 4.69) is 27.2 Å². The number of rotatable bonds is 4. The molecular formula is C12H13BrFN. The van der Waals surface area contributed by atoms with Gasteiger partial charge in [-0.2, -0.15) is 0 Å². The van der Waals surface area contributed by atoms with Gasteiger partial charge in [-0.25, -0.2) is 4.39 Å². The Morgan fingerprint density at radius 1 is 1.60 bits per heavy atom. The van der Waals surface area contributed by atoms with Gasteiger partial charge < -0.3 is 5.32 Å². The van der Waals surface area contributed by atoms with Gasteiger partial charge in [-0.05, 0) is 30.3 Å². The van der Waals surface area contributed by atoms with E-state index in [0.29, 0.717) is 6.42 Å². The Bertz CT molecular complexity index is 370. The SMILES string of the molecule is C#CCC(NCC)c1cc(F)ccc1Br. The van der Waals surface area contributed by atoms with Crippen molar-refractivity contribution in [1.82, 2.24) is 5.32 Å². The molecule has 0 aliphatic heterocycles. The van der Waals surface area contributed by atoms with E-state index >= 15 is 0 Å². The normalized spacial score (nSPS) is 12.1. The van der Waals surface area contributed by atoms with Gasteiger partial charge in [0.1, 0.15) is 5.82 Å². The molecule has 0 amide bonds. The van der Waals surface area contributed by atoms with Crippen molar-refractivity contribution < 1.29 is 4.39 Å². The molecule has 1 atom stereocenters. The second-order valence-corrected chi connectivity index (χ2v) is 4.04. The molecule has 1 unspecified atom stereocenters. The van der Waals surface area contributed by atoms with Crippen LogP contribution < -0.4 is 5.32 Å². The first-order valence-electron chi connectivity index (χ1n) is 4.80. The maximum atomic E-state index is 13.1. The van der Waals surface area contributed by atoms with Gasteiger partial charge in [-0.1, -0.05) is 22.9 Å². The van der Waals surface area contributed by atoms with Crippen LogP contribution in [0.25, 0.3) is 0 Å². The van der Waals surface area contributed by atoms with Gasteiger partial charge in [-0.15, -0.1) is 12.3 Å². The van der Waals surface area contributed by atoms with E-state index in [-0.39, 0.29) is 11.9 Å². The maximum absolute atomic E-state index is 13.1. The molecule has 0 fully saturated rings. The molecule has 1 rings (SSSR count). The van der Waals surface area contributed by atoms with Crippen LogP contribution in [0.5, 0.6) is 0 Å². The lowest BCUT2D eigenvalue weighted by Crippen LogP contribution is -2.20. The van der Waals surface area contributed by atoms with Crippen molar-refractivity contribution in [3.63, 3.8) is 0 Å². The largest absolute Gasteiger partial charge is 0.309 e. The molecule has 0 radical (unpaired) electrons. The van der Waals surface area contributed by atoms with Crippen molar-refractivity contribution in [2.75, 3.05) is 6.54 Å². The van der Waals surface area contributed by atoms with E-state index in [9.17, 15) is 4.39 Å². The van der Waals surface area contributed by atoms with Crippen molar-refractivity contribution in [2.45, 2.75) is 19.4 Å². The van der Waals surface area contributed by atoms with Crippen molar-refractivity contribution in [2.24, 2.45) is 0 Å². The molecule has 0 heterocycles. The summed E-state index contributed by atoms with van der Waals surface area (Å²) in [5.74, 6) is 2.35. The molecular weight excluding hydrogens is 257 g/mol. The Balaban J connectivity index is 2.99. The summed E-state index contributed by atoms with van der Waals surface area (Å²) in [6.45, 7) is 2.80. The molecule has 3 heteroatoms. The van der Waals surface area contributed by atoms with Crippen LogP contribution in [-0.2, 0) is 0 Å². The highest BCUT2D eigenvalue weighted by Gasteiger charge is 2.12. The van der Waals surface area contributed by atoms with E-state index in [1.165, 1.54) is 12.1 Å². The number of halogens is 2. The monoisotopic (exact) mass is 269 g/mol. The van der Waals surface area contributed by atoms with Crippen LogP contribution in [0.4, 0.5) is 4.39 Å². The maximum Gasteiger partial charge on any atom is 0.123 e. The van der Waals surface area contributed by atoms with E-state index in [0.717, 1.165) is 16.6 Å². The van der Waals surface area contributed by atoms with E-state index < -0.39 is 0 Å². The van der Waals surface area contributed by atoms with Crippen LogP contribution in [0.3, 0.4) is 0 Å². The number of benzene rings is 1. The summed E-state index contributed by atoms with van der Waals surface area (Å²) >= 11 is 3.40. The zero-order valence-electron chi connectivity index (χ0n) is 8.56. The molecule has 1 N–H and O–H groups in total. The zero-order chi connectivity index (χ0) is 11.3. The predicted molar refractivity (Wildman–Crippen MR) is 64.0 cm³/mol. The first kappa shape index (κ1) is 12.2. The number of nitrogens with one attached hydrogen (secondary N) is 1. The van der Waals surface area contributed by atoms with Gasteiger partial charge in [0.05, 0.1) is 0 Å². The molecule has 80 valence electrons. The van der Waals surface area contributed by atoms with Crippen molar-refractivity contribution in [3.8, 4) is 12.3 Å². The molecule has 1 aromatic rings. The molecule has 1 aromatic carbocycles. The molecule has 15 heavy (non-hydrogen) atoms.